The molecule has 1 N–H and O–H groups in total. The number of carbonyl (C=O) groups excluding carboxylic acids is 1. The number of hydrogen-bond acceptors (Lipinski definition) is 1. The predicted molar refractivity (Wildman–Crippen MR) is 43.1 cm³/mol. The molecule has 0 atom stereocenters. The fraction of sp³-hybridized carbons (Fsp3) is 0.889. The molecule has 0 aromatic heterocycles. The molecule has 2 fully saturated rings. The van der Waals surface area contributed by atoms with E-state index in [0.29, 0.717) is 5.91 Å². The highest BCUT2D eigenvalue weighted by molar-refractivity contribution is 5.89. The van der Waals surface area contributed by atoms with Gasteiger partial charge < -0.3 is 5.32 Å². The van der Waals surface area contributed by atoms with Gasteiger partial charge >= 0.3 is 0 Å². The summed E-state index contributed by atoms with van der Waals surface area (Å²) in [5.41, 5.74) is 0.174. The van der Waals surface area contributed by atoms with Crippen LogP contribution in [0.3, 0.4) is 0 Å². The normalized spacial score (nSPS) is 37.7. The van der Waals surface area contributed by atoms with Crippen LogP contribution in [-0.2, 0) is 4.79 Å². The van der Waals surface area contributed by atoms with Crippen molar-refractivity contribution in [3.05, 3.63) is 0 Å². The Morgan fingerprint density at radius 2 is 2.27 bits per heavy atom. The van der Waals surface area contributed by atoms with Gasteiger partial charge in [-0.15, -0.1) is 0 Å². The SMILES string of the molecule is CCCCNC(=O)C12CC1C2. The van der Waals surface area contributed by atoms with Crippen LogP contribution in [0.4, 0.5) is 0 Å². The zero-order chi connectivity index (χ0) is 7.90. The fourth-order valence-corrected chi connectivity index (χ4v) is 1.63. The topological polar surface area (TPSA) is 29.1 Å². The van der Waals surface area contributed by atoms with E-state index in [2.05, 4.69) is 12.2 Å². The maximum absolute atomic E-state index is 11.3. The van der Waals surface area contributed by atoms with Gasteiger partial charge in [-0.1, -0.05) is 13.3 Å². The molecule has 0 saturated heterocycles. The van der Waals surface area contributed by atoms with E-state index in [0.717, 1.165) is 25.3 Å². The van der Waals surface area contributed by atoms with Crippen LogP contribution in [0.25, 0.3) is 0 Å². The van der Waals surface area contributed by atoms with Crippen LogP contribution >= 0.6 is 0 Å². The van der Waals surface area contributed by atoms with Gasteiger partial charge in [0, 0.05) is 6.54 Å². The first-order valence-electron chi connectivity index (χ1n) is 4.58. The van der Waals surface area contributed by atoms with Crippen LogP contribution in [-0.4, -0.2) is 12.5 Å². The van der Waals surface area contributed by atoms with Crippen LogP contribution in [0.15, 0.2) is 0 Å². The van der Waals surface area contributed by atoms with Crippen LogP contribution in [0.2, 0.25) is 0 Å². The molecule has 0 aliphatic heterocycles. The molecule has 2 aliphatic rings. The highest BCUT2D eigenvalue weighted by Crippen LogP contribution is 2.75. The molecule has 2 aliphatic carbocycles. The molecule has 2 nitrogen and oxygen atoms in total. The van der Waals surface area contributed by atoms with Gasteiger partial charge in [0.05, 0.1) is 5.41 Å². The smallest absolute Gasteiger partial charge is 0.226 e. The lowest BCUT2D eigenvalue weighted by Crippen LogP contribution is -2.28. The summed E-state index contributed by atoms with van der Waals surface area (Å²) in [5.74, 6) is 1.11. The molecule has 62 valence electrons. The molecule has 2 rings (SSSR count). The molecule has 0 aromatic rings. The molecular weight excluding hydrogens is 138 g/mol. The van der Waals surface area contributed by atoms with Gasteiger partial charge in [0.15, 0.2) is 0 Å². The fourth-order valence-electron chi connectivity index (χ4n) is 1.63. The molecular formula is C9H15NO. The highest BCUT2D eigenvalue weighted by Gasteiger charge is 2.74. The number of hydrogen-bond donors (Lipinski definition) is 1. The third kappa shape index (κ3) is 1.05. The first kappa shape index (κ1) is 7.14. The molecule has 1 amide bonds. The maximum atomic E-state index is 11.3. The van der Waals surface area contributed by atoms with Gasteiger partial charge in [0.1, 0.15) is 0 Å². The molecule has 0 heterocycles. The van der Waals surface area contributed by atoms with Crippen molar-refractivity contribution in [2.75, 3.05) is 6.54 Å². The minimum Gasteiger partial charge on any atom is -0.356 e. The van der Waals surface area contributed by atoms with Gasteiger partial charge in [0.25, 0.3) is 0 Å². The number of fused-ring (bicyclic) bond motifs is 1. The Morgan fingerprint density at radius 1 is 1.64 bits per heavy atom. The van der Waals surface area contributed by atoms with Gasteiger partial charge in [-0.25, -0.2) is 0 Å². The summed E-state index contributed by atoms with van der Waals surface area (Å²) >= 11 is 0. The molecule has 0 radical (unpaired) electrons. The zero-order valence-electron chi connectivity index (χ0n) is 7.02. The summed E-state index contributed by atoms with van der Waals surface area (Å²) in [4.78, 5) is 11.3. The third-order valence-corrected chi connectivity index (χ3v) is 2.95. The van der Waals surface area contributed by atoms with Crippen molar-refractivity contribution in [3.8, 4) is 0 Å². The number of carbonyl (C=O) groups is 1. The highest BCUT2D eigenvalue weighted by atomic mass is 16.2. The van der Waals surface area contributed by atoms with E-state index in [1.54, 1.807) is 0 Å². The van der Waals surface area contributed by atoms with Crippen molar-refractivity contribution >= 4 is 5.91 Å². The number of amides is 1. The Hall–Kier alpha value is -0.530. The Balaban J connectivity index is 1.67. The minimum atomic E-state index is 0.174. The van der Waals surface area contributed by atoms with Gasteiger partial charge in [-0.2, -0.15) is 0 Å². The lowest BCUT2D eigenvalue weighted by atomic mass is 10.2. The molecule has 2 saturated carbocycles. The summed E-state index contributed by atoms with van der Waals surface area (Å²) in [5, 5.41) is 2.99. The van der Waals surface area contributed by atoms with E-state index in [4.69, 9.17) is 0 Å². The van der Waals surface area contributed by atoms with Crippen molar-refractivity contribution in [1.29, 1.82) is 0 Å². The van der Waals surface area contributed by atoms with Crippen molar-refractivity contribution in [3.63, 3.8) is 0 Å². The minimum absolute atomic E-state index is 0.174. The van der Waals surface area contributed by atoms with Gasteiger partial charge in [0.2, 0.25) is 5.91 Å². The molecule has 0 spiro atoms. The standard InChI is InChI=1S/C9H15NO/c1-2-3-4-10-8(11)9-5-7(9)6-9/h7H,2-6H2,1H3,(H,10,11). The Kier molecular flexibility index (Phi) is 1.44. The second kappa shape index (κ2) is 2.23. The number of unbranched alkanes of at least 4 members (excludes halogenated alkanes) is 1. The quantitative estimate of drug-likeness (QED) is 0.606. The second-order valence-electron chi connectivity index (χ2n) is 3.87. The Bertz CT molecular complexity index is 182. The summed E-state index contributed by atoms with van der Waals surface area (Å²) in [6, 6.07) is 0. The lowest BCUT2D eigenvalue weighted by molar-refractivity contribution is -0.124. The first-order chi connectivity index (χ1) is 5.29. The monoisotopic (exact) mass is 153 g/mol. The van der Waals surface area contributed by atoms with Crippen LogP contribution < -0.4 is 5.32 Å². The van der Waals surface area contributed by atoms with Crippen molar-refractivity contribution in [2.24, 2.45) is 11.3 Å². The summed E-state index contributed by atoms with van der Waals surface area (Å²) < 4.78 is 0. The van der Waals surface area contributed by atoms with Crippen LogP contribution in [0.1, 0.15) is 32.6 Å². The zero-order valence-corrected chi connectivity index (χ0v) is 7.02. The predicted octanol–water partition coefficient (Wildman–Crippen LogP) is 1.31. The van der Waals surface area contributed by atoms with E-state index in [9.17, 15) is 4.79 Å². The first-order valence-corrected chi connectivity index (χ1v) is 4.58. The second-order valence-corrected chi connectivity index (χ2v) is 3.87. The van der Waals surface area contributed by atoms with Crippen molar-refractivity contribution in [1.82, 2.24) is 5.32 Å². The van der Waals surface area contributed by atoms with Crippen LogP contribution in [0, 0.1) is 11.3 Å². The van der Waals surface area contributed by atoms with Crippen molar-refractivity contribution in [2.45, 2.75) is 32.6 Å². The maximum Gasteiger partial charge on any atom is 0.226 e. The van der Waals surface area contributed by atoms with E-state index < -0.39 is 0 Å². The molecule has 2 heteroatoms. The molecule has 11 heavy (non-hydrogen) atoms. The van der Waals surface area contributed by atoms with Crippen molar-refractivity contribution < 1.29 is 4.79 Å². The third-order valence-electron chi connectivity index (χ3n) is 2.95. The average Bonchev–Trinajstić information content (AvgIpc) is 2.72. The summed E-state index contributed by atoms with van der Waals surface area (Å²) in [6.45, 7) is 3.02. The average molecular weight is 153 g/mol. The van der Waals surface area contributed by atoms with E-state index in [-0.39, 0.29) is 5.41 Å². The largest absolute Gasteiger partial charge is 0.356 e. The molecule has 0 unspecified atom stereocenters. The van der Waals surface area contributed by atoms with E-state index in [1.807, 2.05) is 0 Å². The van der Waals surface area contributed by atoms with Gasteiger partial charge in [-0.05, 0) is 25.2 Å². The summed E-state index contributed by atoms with van der Waals surface area (Å²) in [6.07, 6.45) is 4.62. The lowest BCUT2D eigenvalue weighted by Gasteiger charge is -2.04. The number of rotatable bonds is 4. The molecule has 0 aromatic carbocycles. The Morgan fingerprint density at radius 3 is 2.73 bits per heavy atom. The van der Waals surface area contributed by atoms with E-state index >= 15 is 0 Å². The summed E-state index contributed by atoms with van der Waals surface area (Å²) in [7, 11) is 0. The molecule has 0 bridgehead atoms. The van der Waals surface area contributed by atoms with E-state index in [1.165, 1.54) is 12.8 Å². The van der Waals surface area contributed by atoms with Crippen LogP contribution in [0.5, 0.6) is 0 Å². The Labute approximate surface area is 67.4 Å². The number of nitrogens with one attached hydrogen (secondary N) is 1. The van der Waals surface area contributed by atoms with Gasteiger partial charge in [-0.3, -0.25) is 4.79 Å².